The maximum atomic E-state index is 12.0. The molecule has 3 rings (SSSR count). The first kappa shape index (κ1) is 14.4. The van der Waals surface area contributed by atoms with Gasteiger partial charge in [-0.1, -0.05) is 18.2 Å². The van der Waals surface area contributed by atoms with Crippen molar-refractivity contribution in [1.82, 2.24) is 10.6 Å². The van der Waals surface area contributed by atoms with Crippen molar-refractivity contribution in [2.75, 3.05) is 37.6 Å². The van der Waals surface area contributed by atoms with Crippen LogP contribution in [0.2, 0.25) is 0 Å². The molecule has 21 heavy (non-hydrogen) atoms. The number of carbonyl (C=O) groups is 1. The summed E-state index contributed by atoms with van der Waals surface area (Å²) in [6.07, 6.45) is 4.30. The largest absolute Gasteiger partial charge is 0.371 e. The van der Waals surface area contributed by atoms with Crippen molar-refractivity contribution in [3.05, 3.63) is 29.8 Å². The lowest BCUT2D eigenvalue weighted by Gasteiger charge is -2.23. The maximum absolute atomic E-state index is 12.0. The zero-order chi connectivity index (χ0) is 14.5. The number of amides is 1. The quantitative estimate of drug-likeness (QED) is 0.808. The van der Waals surface area contributed by atoms with Crippen LogP contribution in [0.15, 0.2) is 24.3 Å². The summed E-state index contributed by atoms with van der Waals surface area (Å²) in [6.45, 7) is 4.82. The lowest BCUT2D eigenvalue weighted by Crippen LogP contribution is -2.41. The number of fused-ring (bicyclic) bond motifs is 1. The number of anilines is 1. The minimum absolute atomic E-state index is 0.172. The summed E-state index contributed by atoms with van der Waals surface area (Å²) in [5.41, 5.74) is 2.83. The van der Waals surface area contributed by atoms with E-state index < -0.39 is 0 Å². The molecule has 0 aliphatic carbocycles. The topological polar surface area (TPSA) is 44.4 Å². The van der Waals surface area contributed by atoms with E-state index in [1.807, 2.05) is 0 Å². The molecule has 1 aromatic rings. The highest BCUT2D eigenvalue weighted by atomic mass is 16.1. The Balaban J connectivity index is 1.38. The number of piperidine rings is 1. The van der Waals surface area contributed by atoms with E-state index in [0.29, 0.717) is 0 Å². The number of carbonyl (C=O) groups excluding carboxylic acids is 1. The Kier molecular flexibility index (Phi) is 4.76. The molecular formula is C17H25N3O. The van der Waals surface area contributed by atoms with Gasteiger partial charge in [-0.25, -0.2) is 0 Å². The van der Waals surface area contributed by atoms with E-state index in [2.05, 4.69) is 39.8 Å². The van der Waals surface area contributed by atoms with Crippen molar-refractivity contribution in [1.29, 1.82) is 0 Å². The van der Waals surface area contributed by atoms with Crippen LogP contribution in [-0.4, -0.2) is 38.6 Å². The van der Waals surface area contributed by atoms with Crippen LogP contribution >= 0.6 is 0 Å². The molecule has 4 nitrogen and oxygen atoms in total. The number of nitrogens with one attached hydrogen (secondary N) is 2. The van der Waals surface area contributed by atoms with Crippen LogP contribution in [0.3, 0.4) is 0 Å². The summed E-state index contributed by atoms with van der Waals surface area (Å²) < 4.78 is 0. The number of benzene rings is 1. The molecule has 1 amide bonds. The highest BCUT2D eigenvalue weighted by Gasteiger charge is 2.21. The molecule has 0 unspecified atom stereocenters. The fourth-order valence-electron chi connectivity index (χ4n) is 3.34. The van der Waals surface area contributed by atoms with Crippen molar-refractivity contribution < 1.29 is 4.79 Å². The second-order valence-electron chi connectivity index (χ2n) is 6.05. The highest BCUT2D eigenvalue weighted by Crippen LogP contribution is 2.27. The van der Waals surface area contributed by atoms with Crippen molar-refractivity contribution in [3.63, 3.8) is 0 Å². The Hall–Kier alpha value is -1.55. The molecule has 4 heteroatoms. The van der Waals surface area contributed by atoms with Crippen LogP contribution < -0.4 is 15.5 Å². The third kappa shape index (κ3) is 3.56. The van der Waals surface area contributed by atoms with Crippen LogP contribution in [0.1, 0.15) is 24.8 Å². The standard InChI is InChI=1S/C17H25N3O/c21-17(15-6-3-9-18-13-15)19-10-4-11-20-12-8-14-5-1-2-7-16(14)20/h1-2,5,7,15,18H,3-4,6,8-13H2,(H,19,21)/t15-/m0/s1. The van der Waals surface area contributed by atoms with Gasteiger partial charge in [0.25, 0.3) is 0 Å². The van der Waals surface area contributed by atoms with Crippen LogP contribution in [0, 0.1) is 5.92 Å². The first-order chi connectivity index (χ1) is 10.3. The first-order valence-corrected chi connectivity index (χ1v) is 8.16. The molecule has 2 aliphatic heterocycles. The summed E-state index contributed by atoms with van der Waals surface area (Å²) in [4.78, 5) is 14.5. The number of hydrogen-bond acceptors (Lipinski definition) is 3. The van der Waals surface area contributed by atoms with Gasteiger partial charge in [-0.3, -0.25) is 4.79 Å². The monoisotopic (exact) mass is 287 g/mol. The Morgan fingerprint density at radius 2 is 2.29 bits per heavy atom. The van der Waals surface area contributed by atoms with Crippen LogP contribution in [0.25, 0.3) is 0 Å². The van der Waals surface area contributed by atoms with E-state index in [1.54, 1.807) is 0 Å². The van der Waals surface area contributed by atoms with Gasteiger partial charge in [0.1, 0.15) is 0 Å². The first-order valence-electron chi connectivity index (χ1n) is 8.16. The minimum Gasteiger partial charge on any atom is -0.371 e. The van der Waals surface area contributed by atoms with E-state index >= 15 is 0 Å². The molecule has 0 radical (unpaired) electrons. The molecule has 0 saturated carbocycles. The van der Waals surface area contributed by atoms with Crippen molar-refractivity contribution in [2.24, 2.45) is 5.92 Å². The van der Waals surface area contributed by atoms with E-state index in [4.69, 9.17) is 0 Å². The molecule has 1 aromatic carbocycles. The number of nitrogens with zero attached hydrogens (tertiary/aromatic N) is 1. The molecular weight excluding hydrogens is 262 g/mol. The van der Waals surface area contributed by atoms with E-state index in [1.165, 1.54) is 11.3 Å². The summed E-state index contributed by atoms with van der Waals surface area (Å²) in [5.74, 6) is 0.398. The van der Waals surface area contributed by atoms with Crippen LogP contribution in [0.4, 0.5) is 5.69 Å². The Labute approximate surface area is 126 Å². The molecule has 1 atom stereocenters. The fourth-order valence-corrected chi connectivity index (χ4v) is 3.34. The summed E-state index contributed by atoms with van der Waals surface area (Å²) in [5, 5.41) is 6.39. The number of para-hydroxylation sites is 1. The lowest BCUT2D eigenvalue weighted by molar-refractivity contribution is -0.125. The SMILES string of the molecule is O=C(NCCCN1CCc2ccccc21)[C@H]1CCCNC1. The van der Waals surface area contributed by atoms with E-state index in [9.17, 15) is 4.79 Å². The molecule has 0 spiro atoms. The molecule has 0 aromatic heterocycles. The fraction of sp³-hybridized carbons (Fsp3) is 0.588. The van der Waals surface area contributed by atoms with Crippen molar-refractivity contribution >= 4 is 11.6 Å². The third-order valence-corrected chi connectivity index (χ3v) is 4.56. The molecule has 1 fully saturated rings. The smallest absolute Gasteiger partial charge is 0.224 e. The predicted molar refractivity (Wildman–Crippen MR) is 85.6 cm³/mol. The number of hydrogen-bond donors (Lipinski definition) is 2. The zero-order valence-corrected chi connectivity index (χ0v) is 12.6. The maximum Gasteiger partial charge on any atom is 0.224 e. The Morgan fingerprint density at radius 1 is 1.38 bits per heavy atom. The second kappa shape index (κ2) is 6.94. The molecule has 114 valence electrons. The minimum atomic E-state index is 0.172. The normalized spacial score (nSPS) is 21.1. The summed E-state index contributed by atoms with van der Waals surface area (Å²) >= 11 is 0. The average molecular weight is 287 g/mol. The molecule has 2 aliphatic rings. The second-order valence-corrected chi connectivity index (χ2v) is 6.05. The average Bonchev–Trinajstić information content (AvgIpc) is 2.95. The molecule has 0 bridgehead atoms. The Morgan fingerprint density at radius 3 is 3.14 bits per heavy atom. The van der Waals surface area contributed by atoms with Gasteiger partial charge in [0.05, 0.1) is 5.92 Å². The van der Waals surface area contributed by atoms with Gasteiger partial charge in [0.2, 0.25) is 5.91 Å². The van der Waals surface area contributed by atoms with Gasteiger partial charge in [0, 0.05) is 31.9 Å². The van der Waals surface area contributed by atoms with Gasteiger partial charge < -0.3 is 15.5 Å². The van der Waals surface area contributed by atoms with Crippen molar-refractivity contribution in [3.8, 4) is 0 Å². The van der Waals surface area contributed by atoms with Crippen molar-refractivity contribution in [2.45, 2.75) is 25.7 Å². The van der Waals surface area contributed by atoms with Gasteiger partial charge in [-0.05, 0) is 43.9 Å². The van der Waals surface area contributed by atoms with Gasteiger partial charge in [0.15, 0.2) is 0 Å². The van der Waals surface area contributed by atoms with Gasteiger partial charge in [-0.2, -0.15) is 0 Å². The molecule has 2 N–H and O–H groups in total. The number of rotatable bonds is 5. The van der Waals surface area contributed by atoms with Gasteiger partial charge >= 0.3 is 0 Å². The van der Waals surface area contributed by atoms with Crippen LogP contribution in [0.5, 0.6) is 0 Å². The van der Waals surface area contributed by atoms with E-state index in [-0.39, 0.29) is 11.8 Å². The molecule has 2 heterocycles. The third-order valence-electron chi connectivity index (χ3n) is 4.56. The highest BCUT2D eigenvalue weighted by molar-refractivity contribution is 5.78. The van der Waals surface area contributed by atoms with E-state index in [0.717, 1.165) is 58.4 Å². The molecule has 1 saturated heterocycles. The van der Waals surface area contributed by atoms with Crippen LogP contribution in [-0.2, 0) is 11.2 Å². The summed E-state index contributed by atoms with van der Waals surface area (Å²) in [6, 6.07) is 8.64. The van der Waals surface area contributed by atoms with Gasteiger partial charge in [-0.15, -0.1) is 0 Å². The Bertz CT molecular complexity index is 483. The zero-order valence-electron chi connectivity index (χ0n) is 12.6. The predicted octanol–water partition coefficient (Wildman–Crippen LogP) is 1.55. The lowest BCUT2D eigenvalue weighted by atomic mass is 9.99. The summed E-state index contributed by atoms with van der Waals surface area (Å²) in [7, 11) is 0.